The number of hydrogen-bond donors (Lipinski definition) is 1. The average Bonchev–Trinajstić information content (AvgIpc) is 2.92. The Morgan fingerprint density at radius 1 is 1.43 bits per heavy atom. The van der Waals surface area contributed by atoms with E-state index in [1.165, 1.54) is 12.8 Å². The summed E-state index contributed by atoms with van der Waals surface area (Å²) in [5, 5.41) is 3.22. The van der Waals surface area contributed by atoms with Crippen LogP contribution in [-0.2, 0) is 0 Å². The first-order valence-corrected chi connectivity index (χ1v) is 5.19. The fourth-order valence-electron chi connectivity index (χ4n) is 1.70. The molecule has 0 unspecified atom stereocenters. The maximum absolute atomic E-state index is 13.4. The quantitative estimate of drug-likeness (QED) is 0.776. The van der Waals surface area contributed by atoms with Gasteiger partial charge in [-0.3, -0.25) is 0 Å². The van der Waals surface area contributed by atoms with E-state index in [0.717, 1.165) is 11.5 Å². The molecule has 2 heteroatoms. The Balaban J connectivity index is 2.07. The summed E-state index contributed by atoms with van der Waals surface area (Å²) in [5.74, 6) is 0.605. The van der Waals surface area contributed by atoms with Gasteiger partial charge in [0.1, 0.15) is 5.82 Å². The molecule has 0 saturated heterocycles. The molecule has 0 amide bonds. The van der Waals surface area contributed by atoms with E-state index in [2.05, 4.69) is 12.2 Å². The molecule has 1 aliphatic carbocycles. The molecular weight excluding hydrogens is 177 g/mol. The normalized spacial score (nSPS) is 17.9. The van der Waals surface area contributed by atoms with Gasteiger partial charge in [-0.15, -0.1) is 0 Å². The molecule has 1 aromatic rings. The molecule has 0 aromatic heterocycles. The number of hydrogen-bond acceptors (Lipinski definition) is 1. The van der Waals surface area contributed by atoms with Crippen molar-refractivity contribution in [1.82, 2.24) is 0 Å². The molecule has 1 N–H and O–H groups in total. The van der Waals surface area contributed by atoms with E-state index in [4.69, 9.17) is 0 Å². The van der Waals surface area contributed by atoms with Gasteiger partial charge in [0.25, 0.3) is 0 Å². The highest BCUT2D eigenvalue weighted by molar-refractivity contribution is 5.47. The number of rotatable bonds is 3. The summed E-state index contributed by atoms with van der Waals surface area (Å²) in [5.41, 5.74) is 1.60. The zero-order valence-electron chi connectivity index (χ0n) is 8.68. The molecule has 1 aromatic carbocycles. The lowest BCUT2D eigenvalue weighted by atomic mass is 10.1. The minimum atomic E-state index is -0.141. The fraction of sp³-hybridized carbons (Fsp3) is 0.500. The van der Waals surface area contributed by atoms with Gasteiger partial charge < -0.3 is 5.32 Å². The summed E-state index contributed by atoms with van der Waals surface area (Å²) in [7, 11) is 0. The third-order valence-electron chi connectivity index (χ3n) is 2.84. The number of anilines is 1. The number of halogens is 1. The van der Waals surface area contributed by atoms with Crippen LogP contribution in [0, 0.1) is 18.7 Å². The van der Waals surface area contributed by atoms with Crippen LogP contribution in [0.3, 0.4) is 0 Å². The van der Waals surface area contributed by atoms with Gasteiger partial charge in [0, 0.05) is 6.04 Å². The summed E-state index contributed by atoms with van der Waals surface area (Å²) < 4.78 is 13.4. The van der Waals surface area contributed by atoms with Gasteiger partial charge in [-0.2, -0.15) is 0 Å². The smallest absolute Gasteiger partial charge is 0.146 e. The lowest BCUT2D eigenvalue weighted by molar-refractivity contribution is 0.618. The van der Waals surface area contributed by atoms with Gasteiger partial charge in [0.05, 0.1) is 5.69 Å². The van der Waals surface area contributed by atoms with Crippen molar-refractivity contribution in [1.29, 1.82) is 0 Å². The minimum absolute atomic E-state index is 0.141. The zero-order chi connectivity index (χ0) is 10.1. The van der Waals surface area contributed by atoms with Crippen LogP contribution >= 0.6 is 0 Å². The van der Waals surface area contributed by atoms with E-state index in [-0.39, 0.29) is 5.82 Å². The van der Waals surface area contributed by atoms with Crippen LogP contribution in [0.2, 0.25) is 0 Å². The van der Waals surface area contributed by atoms with E-state index in [1.807, 2.05) is 19.1 Å². The monoisotopic (exact) mass is 193 g/mol. The van der Waals surface area contributed by atoms with Crippen molar-refractivity contribution >= 4 is 5.69 Å². The van der Waals surface area contributed by atoms with Crippen LogP contribution in [-0.4, -0.2) is 6.04 Å². The van der Waals surface area contributed by atoms with Crippen LogP contribution < -0.4 is 5.32 Å². The Kier molecular flexibility index (Phi) is 2.44. The molecule has 0 radical (unpaired) electrons. The molecule has 1 nitrogen and oxygen atoms in total. The highest BCUT2D eigenvalue weighted by Gasteiger charge is 2.28. The van der Waals surface area contributed by atoms with Crippen molar-refractivity contribution in [2.45, 2.75) is 32.7 Å². The highest BCUT2D eigenvalue weighted by atomic mass is 19.1. The number of nitrogens with one attached hydrogen (secondary N) is 1. The van der Waals surface area contributed by atoms with Crippen molar-refractivity contribution in [2.24, 2.45) is 5.92 Å². The Hall–Kier alpha value is -1.05. The predicted molar refractivity (Wildman–Crippen MR) is 56.9 cm³/mol. The Bertz CT molecular complexity index is 331. The molecule has 76 valence electrons. The van der Waals surface area contributed by atoms with Crippen molar-refractivity contribution < 1.29 is 4.39 Å². The second kappa shape index (κ2) is 3.60. The van der Waals surface area contributed by atoms with Gasteiger partial charge in [-0.1, -0.05) is 6.07 Å². The molecule has 0 spiro atoms. The first kappa shape index (κ1) is 9.50. The number of benzene rings is 1. The molecule has 14 heavy (non-hydrogen) atoms. The highest BCUT2D eigenvalue weighted by Crippen LogP contribution is 2.34. The van der Waals surface area contributed by atoms with Crippen LogP contribution in [0.4, 0.5) is 10.1 Å². The lowest BCUT2D eigenvalue weighted by Gasteiger charge is -2.15. The predicted octanol–water partition coefficient (Wildman–Crippen LogP) is 3.34. The van der Waals surface area contributed by atoms with Crippen LogP contribution in [0.5, 0.6) is 0 Å². The topological polar surface area (TPSA) is 12.0 Å². The van der Waals surface area contributed by atoms with Crippen LogP contribution in [0.1, 0.15) is 25.3 Å². The van der Waals surface area contributed by atoms with Crippen molar-refractivity contribution in [3.63, 3.8) is 0 Å². The lowest BCUT2D eigenvalue weighted by Crippen LogP contribution is -2.18. The molecule has 1 fully saturated rings. The first-order chi connectivity index (χ1) is 6.66. The molecule has 0 heterocycles. The van der Waals surface area contributed by atoms with E-state index < -0.39 is 0 Å². The van der Waals surface area contributed by atoms with Crippen molar-refractivity contribution in [3.8, 4) is 0 Å². The summed E-state index contributed by atoms with van der Waals surface area (Å²) in [4.78, 5) is 0. The van der Waals surface area contributed by atoms with Gasteiger partial charge in [0.2, 0.25) is 0 Å². The first-order valence-electron chi connectivity index (χ1n) is 5.19. The molecule has 1 aliphatic rings. The fourth-order valence-corrected chi connectivity index (χ4v) is 1.70. The standard InChI is InChI=1S/C12H16FN/c1-8-3-6-12(11(13)7-8)14-9(2)10-4-5-10/h3,6-7,9-10,14H,4-5H2,1-2H3/t9-/m0/s1. The molecule has 1 saturated carbocycles. The molecule has 0 aliphatic heterocycles. The maximum Gasteiger partial charge on any atom is 0.146 e. The molecule has 2 rings (SSSR count). The third kappa shape index (κ3) is 2.06. The second-order valence-corrected chi connectivity index (χ2v) is 4.25. The summed E-state index contributed by atoms with van der Waals surface area (Å²) in [6.07, 6.45) is 2.56. The zero-order valence-corrected chi connectivity index (χ0v) is 8.68. The van der Waals surface area contributed by atoms with E-state index in [1.54, 1.807) is 6.07 Å². The summed E-state index contributed by atoms with van der Waals surface area (Å²) in [6.45, 7) is 4.02. The van der Waals surface area contributed by atoms with Gasteiger partial charge >= 0.3 is 0 Å². The molecule has 0 bridgehead atoms. The van der Waals surface area contributed by atoms with Gasteiger partial charge in [0.15, 0.2) is 0 Å². The van der Waals surface area contributed by atoms with Gasteiger partial charge in [-0.25, -0.2) is 4.39 Å². The largest absolute Gasteiger partial charge is 0.380 e. The molecule has 1 atom stereocenters. The summed E-state index contributed by atoms with van der Waals surface area (Å²) >= 11 is 0. The Morgan fingerprint density at radius 2 is 2.14 bits per heavy atom. The third-order valence-corrected chi connectivity index (χ3v) is 2.84. The Morgan fingerprint density at radius 3 is 2.71 bits per heavy atom. The van der Waals surface area contributed by atoms with Crippen molar-refractivity contribution in [3.05, 3.63) is 29.6 Å². The molecular formula is C12H16FN. The minimum Gasteiger partial charge on any atom is -0.380 e. The van der Waals surface area contributed by atoms with Crippen LogP contribution in [0.25, 0.3) is 0 Å². The second-order valence-electron chi connectivity index (χ2n) is 4.25. The summed E-state index contributed by atoms with van der Waals surface area (Å²) in [6, 6.07) is 5.73. The maximum atomic E-state index is 13.4. The Labute approximate surface area is 84.3 Å². The van der Waals surface area contributed by atoms with Gasteiger partial charge in [-0.05, 0) is 50.3 Å². The SMILES string of the molecule is Cc1ccc(N[C@@H](C)C2CC2)c(F)c1. The van der Waals surface area contributed by atoms with Crippen molar-refractivity contribution in [2.75, 3.05) is 5.32 Å². The van der Waals surface area contributed by atoms with E-state index >= 15 is 0 Å². The average molecular weight is 193 g/mol. The van der Waals surface area contributed by atoms with E-state index in [0.29, 0.717) is 11.7 Å². The van der Waals surface area contributed by atoms with Crippen LogP contribution in [0.15, 0.2) is 18.2 Å². The van der Waals surface area contributed by atoms with E-state index in [9.17, 15) is 4.39 Å². The number of aryl methyl sites for hydroxylation is 1.